The first-order valence-electron chi connectivity index (χ1n) is 5.39. The molecular weight excluding hydrogens is 216 g/mol. The van der Waals surface area contributed by atoms with Crippen molar-refractivity contribution < 1.29 is 9.53 Å². The quantitative estimate of drug-likeness (QED) is 0.810. The summed E-state index contributed by atoms with van der Waals surface area (Å²) in [5, 5.41) is 1.04. The molecule has 1 heterocycles. The largest absolute Gasteiger partial charge is 0.469 e. The Morgan fingerprint density at radius 1 is 1.47 bits per heavy atom. The van der Waals surface area contributed by atoms with Crippen LogP contribution in [0.25, 0.3) is 10.9 Å². The number of carbonyl (C=O) groups is 1. The number of carbonyl (C=O) groups excluding carboxylic acids is 1. The van der Waals surface area contributed by atoms with Crippen LogP contribution in [-0.2, 0) is 9.53 Å². The van der Waals surface area contributed by atoms with Gasteiger partial charge in [-0.3, -0.25) is 9.78 Å². The van der Waals surface area contributed by atoms with Gasteiger partial charge in [0, 0.05) is 18.1 Å². The fraction of sp³-hybridized carbons (Fsp3) is 0.231. The molecule has 1 atom stereocenters. The lowest BCUT2D eigenvalue weighted by molar-refractivity contribution is -0.142. The molecule has 0 fully saturated rings. The number of esters is 1. The van der Waals surface area contributed by atoms with E-state index in [9.17, 15) is 4.79 Å². The van der Waals surface area contributed by atoms with Crippen LogP contribution in [0.5, 0.6) is 0 Å². The molecule has 0 saturated carbocycles. The Kier molecular flexibility index (Phi) is 3.35. The predicted octanol–water partition coefficient (Wildman–Crippen LogP) is 1.45. The molecule has 1 aromatic heterocycles. The molecule has 0 bridgehead atoms. The third-order valence-electron chi connectivity index (χ3n) is 2.75. The molecule has 1 unspecified atom stereocenters. The third-order valence-corrected chi connectivity index (χ3v) is 2.75. The van der Waals surface area contributed by atoms with E-state index in [0.717, 1.165) is 16.5 Å². The van der Waals surface area contributed by atoms with Crippen molar-refractivity contribution in [2.45, 2.75) is 5.92 Å². The van der Waals surface area contributed by atoms with Crippen molar-refractivity contribution in [2.75, 3.05) is 13.7 Å². The number of aromatic nitrogens is 1. The average molecular weight is 230 g/mol. The number of hydrogen-bond donors (Lipinski definition) is 1. The van der Waals surface area contributed by atoms with Gasteiger partial charge in [-0.25, -0.2) is 0 Å². The SMILES string of the molecule is COC(=O)C(CN)c1ccc2cccnc2c1. The molecule has 0 radical (unpaired) electrons. The van der Waals surface area contributed by atoms with Gasteiger partial charge in [0.1, 0.15) is 0 Å². The van der Waals surface area contributed by atoms with Crippen molar-refractivity contribution in [3.63, 3.8) is 0 Å². The van der Waals surface area contributed by atoms with Gasteiger partial charge in [-0.1, -0.05) is 18.2 Å². The Bertz CT molecular complexity index is 540. The van der Waals surface area contributed by atoms with Crippen LogP contribution in [0.1, 0.15) is 11.5 Å². The lowest BCUT2D eigenvalue weighted by Crippen LogP contribution is -2.22. The molecule has 1 aromatic carbocycles. The highest BCUT2D eigenvalue weighted by Crippen LogP contribution is 2.20. The van der Waals surface area contributed by atoms with E-state index in [2.05, 4.69) is 4.98 Å². The van der Waals surface area contributed by atoms with Crippen LogP contribution in [0, 0.1) is 0 Å². The van der Waals surface area contributed by atoms with Gasteiger partial charge in [-0.15, -0.1) is 0 Å². The van der Waals surface area contributed by atoms with Gasteiger partial charge in [0.2, 0.25) is 0 Å². The first-order valence-corrected chi connectivity index (χ1v) is 5.39. The second-order valence-electron chi connectivity index (χ2n) is 3.77. The van der Waals surface area contributed by atoms with Crippen molar-refractivity contribution in [1.82, 2.24) is 4.98 Å². The highest BCUT2D eigenvalue weighted by atomic mass is 16.5. The van der Waals surface area contributed by atoms with Crippen molar-refractivity contribution in [2.24, 2.45) is 5.73 Å². The number of nitrogens with zero attached hydrogens (tertiary/aromatic N) is 1. The van der Waals surface area contributed by atoms with Gasteiger partial charge < -0.3 is 10.5 Å². The summed E-state index contributed by atoms with van der Waals surface area (Å²) in [6.07, 6.45) is 1.72. The minimum absolute atomic E-state index is 0.227. The lowest BCUT2D eigenvalue weighted by atomic mass is 9.98. The second kappa shape index (κ2) is 4.93. The van der Waals surface area contributed by atoms with E-state index in [1.807, 2.05) is 30.3 Å². The molecule has 2 rings (SSSR count). The third kappa shape index (κ3) is 2.26. The van der Waals surface area contributed by atoms with Crippen LogP contribution < -0.4 is 5.73 Å². The summed E-state index contributed by atoms with van der Waals surface area (Å²) in [6.45, 7) is 0.227. The van der Waals surface area contributed by atoms with Crippen LogP contribution in [0.2, 0.25) is 0 Å². The number of methoxy groups -OCH3 is 1. The monoisotopic (exact) mass is 230 g/mol. The summed E-state index contributed by atoms with van der Waals surface area (Å²) in [5.74, 6) is -0.741. The van der Waals surface area contributed by atoms with Gasteiger partial charge in [-0.05, 0) is 17.7 Å². The Hall–Kier alpha value is -1.94. The van der Waals surface area contributed by atoms with Crippen LogP contribution in [0.3, 0.4) is 0 Å². The van der Waals surface area contributed by atoms with Crippen molar-refractivity contribution in [3.8, 4) is 0 Å². The zero-order chi connectivity index (χ0) is 12.3. The maximum absolute atomic E-state index is 11.6. The molecule has 4 heteroatoms. The van der Waals surface area contributed by atoms with Crippen molar-refractivity contribution in [1.29, 1.82) is 0 Å². The van der Waals surface area contributed by atoms with Gasteiger partial charge in [0.05, 0.1) is 18.5 Å². The summed E-state index contributed by atoms with van der Waals surface area (Å²) in [5.41, 5.74) is 7.30. The Balaban J connectivity index is 2.44. The Labute approximate surface area is 99.4 Å². The molecule has 2 aromatic rings. The molecule has 4 nitrogen and oxygen atoms in total. The summed E-state index contributed by atoms with van der Waals surface area (Å²) in [4.78, 5) is 15.8. The topological polar surface area (TPSA) is 65.2 Å². The molecule has 88 valence electrons. The van der Waals surface area contributed by atoms with Crippen LogP contribution in [-0.4, -0.2) is 24.6 Å². The van der Waals surface area contributed by atoms with E-state index in [1.165, 1.54) is 7.11 Å². The van der Waals surface area contributed by atoms with E-state index in [1.54, 1.807) is 6.20 Å². The smallest absolute Gasteiger partial charge is 0.314 e. The molecule has 0 aliphatic carbocycles. The standard InChI is InChI=1S/C13H14N2O2/c1-17-13(16)11(8-14)10-5-4-9-3-2-6-15-12(9)7-10/h2-7,11H,8,14H2,1H3. The van der Waals surface area contributed by atoms with Gasteiger partial charge in [0.15, 0.2) is 0 Å². The molecular formula is C13H14N2O2. The van der Waals surface area contributed by atoms with Gasteiger partial charge in [0.25, 0.3) is 0 Å². The second-order valence-corrected chi connectivity index (χ2v) is 3.77. The zero-order valence-corrected chi connectivity index (χ0v) is 9.59. The van der Waals surface area contributed by atoms with Crippen molar-refractivity contribution >= 4 is 16.9 Å². The number of fused-ring (bicyclic) bond motifs is 1. The number of hydrogen-bond acceptors (Lipinski definition) is 4. The molecule has 17 heavy (non-hydrogen) atoms. The predicted molar refractivity (Wildman–Crippen MR) is 65.6 cm³/mol. The summed E-state index contributed by atoms with van der Waals surface area (Å²) in [7, 11) is 1.37. The van der Waals surface area contributed by atoms with Gasteiger partial charge in [-0.2, -0.15) is 0 Å². The summed E-state index contributed by atoms with van der Waals surface area (Å²) >= 11 is 0. The minimum Gasteiger partial charge on any atom is -0.469 e. The highest BCUT2D eigenvalue weighted by Gasteiger charge is 2.19. The lowest BCUT2D eigenvalue weighted by Gasteiger charge is -2.12. The number of nitrogens with two attached hydrogens (primary N) is 1. The minimum atomic E-state index is -0.425. The summed E-state index contributed by atoms with van der Waals surface area (Å²) in [6, 6.07) is 9.55. The van der Waals surface area contributed by atoms with Crippen LogP contribution in [0.15, 0.2) is 36.5 Å². The Morgan fingerprint density at radius 2 is 2.29 bits per heavy atom. The molecule has 0 saturated heterocycles. The number of pyridine rings is 1. The summed E-state index contributed by atoms with van der Waals surface area (Å²) < 4.78 is 4.73. The number of ether oxygens (including phenoxy) is 1. The van der Waals surface area contributed by atoms with E-state index >= 15 is 0 Å². The average Bonchev–Trinajstić information content (AvgIpc) is 2.39. The number of rotatable bonds is 3. The maximum Gasteiger partial charge on any atom is 0.314 e. The van der Waals surface area contributed by atoms with E-state index < -0.39 is 5.92 Å². The number of benzene rings is 1. The zero-order valence-electron chi connectivity index (χ0n) is 9.59. The Morgan fingerprint density at radius 3 is 3.00 bits per heavy atom. The first-order chi connectivity index (χ1) is 8.26. The molecule has 0 aliphatic rings. The highest BCUT2D eigenvalue weighted by molar-refractivity contribution is 5.83. The van der Waals surface area contributed by atoms with Crippen molar-refractivity contribution in [3.05, 3.63) is 42.1 Å². The molecule has 0 amide bonds. The fourth-order valence-electron chi connectivity index (χ4n) is 1.81. The van der Waals surface area contributed by atoms with E-state index in [0.29, 0.717) is 0 Å². The first kappa shape index (κ1) is 11.5. The van der Waals surface area contributed by atoms with Gasteiger partial charge >= 0.3 is 5.97 Å². The van der Waals surface area contributed by atoms with E-state index in [4.69, 9.17) is 10.5 Å². The molecule has 0 aliphatic heterocycles. The fourth-order valence-corrected chi connectivity index (χ4v) is 1.81. The molecule has 0 spiro atoms. The van der Waals surface area contributed by atoms with Crippen LogP contribution >= 0.6 is 0 Å². The maximum atomic E-state index is 11.6. The normalized spacial score (nSPS) is 12.4. The van der Waals surface area contributed by atoms with E-state index in [-0.39, 0.29) is 12.5 Å². The van der Waals surface area contributed by atoms with Crippen LogP contribution in [0.4, 0.5) is 0 Å². The molecule has 2 N–H and O–H groups in total.